The zero-order valence-corrected chi connectivity index (χ0v) is 17.2. The molecule has 0 aromatic carbocycles. The van der Waals surface area contributed by atoms with Crippen LogP contribution in [0.2, 0.25) is 0 Å². The van der Waals surface area contributed by atoms with Crippen LogP contribution in [-0.4, -0.2) is 23.9 Å². The van der Waals surface area contributed by atoms with Gasteiger partial charge in [0.05, 0.1) is 6.20 Å². The Labute approximate surface area is 150 Å². The van der Waals surface area contributed by atoms with E-state index in [0.29, 0.717) is 5.57 Å². The summed E-state index contributed by atoms with van der Waals surface area (Å²) in [6, 6.07) is 0. The summed E-state index contributed by atoms with van der Waals surface area (Å²) in [5.74, 6) is -0.413. The van der Waals surface area contributed by atoms with Crippen molar-refractivity contribution in [3.8, 4) is 0 Å². The molecule has 120 valence electrons. The fourth-order valence-corrected chi connectivity index (χ4v) is 0.418. The van der Waals surface area contributed by atoms with Gasteiger partial charge in [-0.3, -0.25) is 0 Å². The number of nitrogens with zero attached hydrogens (tertiary/aromatic N) is 1. The van der Waals surface area contributed by atoms with Gasteiger partial charge in [-0.2, -0.15) is 4.39 Å². The Morgan fingerprint density at radius 2 is 1.33 bits per heavy atom. The van der Waals surface area contributed by atoms with Crippen LogP contribution in [0.25, 0.3) is 0 Å². The Morgan fingerprint density at radius 3 is 1.48 bits per heavy atom. The number of allylic oxidation sites excluding steroid dienone is 2. The molecule has 0 saturated heterocycles. The molecule has 0 aromatic rings. The van der Waals surface area contributed by atoms with Gasteiger partial charge >= 0.3 is 0 Å². The van der Waals surface area contributed by atoms with Crippen molar-refractivity contribution >= 4 is 23.9 Å². The summed E-state index contributed by atoms with van der Waals surface area (Å²) >= 11 is 0. The van der Waals surface area contributed by atoms with Crippen LogP contribution in [0.15, 0.2) is 29.5 Å². The van der Waals surface area contributed by atoms with E-state index in [9.17, 15) is 4.39 Å². The number of hydrogen-bond acceptors (Lipinski definition) is 0. The molecular formula is C18H32FNSn. The largest absolute Gasteiger partial charge is 0.220 e. The Kier molecular flexibility index (Phi) is 38.5. The first kappa shape index (κ1) is 28.9. The fraction of sp³-hybridized carbons (Fsp3) is 0.556. The summed E-state index contributed by atoms with van der Waals surface area (Å²) < 4.78 is 12.2. The molecule has 0 aliphatic carbocycles. The monoisotopic (exact) mass is 401 g/mol. The maximum absolute atomic E-state index is 12.2. The molecule has 0 aromatic heterocycles. The van der Waals surface area contributed by atoms with Gasteiger partial charge in [0.1, 0.15) is 0 Å². The summed E-state index contributed by atoms with van der Waals surface area (Å²) in [7, 11) is 0. The van der Waals surface area contributed by atoms with Gasteiger partial charge in [0.2, 0.25) is 5.95 Å². The van der Waals surface area contributed by atoms with Crippen molar-refractivity contribution < 1.29 is 4.39 Å². The second kappa shape index (κ2) is 28.0. The maximum Gasteiger partial charge on any atom is 0.216 e. The minimum atomic E-state index is -0.413. The number of halogens is 1. The van der Waals surface area contributed by atoms with Gasteiger partial charge in [-0.25, -0.2) is 5.32 Å². The van der Waals surface area contributed by atoms with Gasteiger partial charge in [-0.05, 0) is 13.0 Å². The molecule has 0 N–H and O–H groups in total. The molecule has 3 heteroatoms. The maximum atomic E-state index is 12.2. The van der Waals surface area contributed by atoms with Gasteiger partial charge < -0.3 is 0 Å². The van der Waals surface area contributed by atoms with Crippen LogP contribution in [0.4, 0.5) is 4.39 Å². The zero-order valence-electron chi connectivity index (χ0n) is 14.3. The van der Waals surface area contributed by atoms with Crippen molar-refractivity contribution in [1.29, 1.82) is 0 Å². The van der Waals surface area contributed by atoms with E-state index in [1.54, 1.807) is 13.0 Å². The van der Waals surface area contributed by atoms with Gasteiger partial charge in [0.15, 0.2) is 0 Å². The summed E-state index contributed by atoms with van der Waals surface area (Å²) in [6.45, 7) is 18.8. The topological polar surface area (TPSA) is 14.1 Å². The van der Waals surface area contributed by atoms with Gasteiger partial charge in [0.25, 0.3) is 0 Å². The Bertz CT molecular complexity index is 251. The third-order valence-electron chi connectivity index (χ3n) is 1.94. The summed E-state index contributed by atoms with van der Waals surface area (Å²) in [5, 5.41) is 3.36. The molecule has 1 nitrogen and oxygen atoms in total. The molecule has 1 aliphatic rings. The molecule has 21 heavy (non-hydrogen) atoms. The SMILES string of the molecule is CC1=C(F)[N]C=C=C1.[CH2]CCC.[CH2]CCC.[CH2]CCC.[Sn]. The van der Waals surface area contributed by atoms with E-state index in [2.05, 4.69) is 52.6 Å². The molecule has 0 bridgehead atoms. The van der Waals surface area contributed by atoms with Crippen molar-refractivity contribution in [1.82, 2.24) is 5.32 Å². The number of hydrogen-bond donors (Lipinski definition) is 0. The van der Waals surface area contributed by atoms with E-state index >= 15 is 0 Å². The summed E-state index contributed by atoms with van der Waals surface area (Å²) in [5.41, 5.74) is 3.19. The van der Waals surface area contributed by atoms with E-state index in [4.69, 9.17) is 0 Å². The van der Waals surface area contributed by atoms with Gasteiger partial charge in [-0.1, -0.05) is 80.1 Å². The van der Waals surface area contributed by atoms with Crippen molar-refractivity contribution in [3.63, 3.8) is 0 Å². The molecule has 1 aliphatic heterocycles. The Morgan fingerprint density at radius 1 is 1.00 bits per heavy atom. The number of rotatable bonds is 3. The second-order valence-corrected chi connectivity index (χ2v) is 4.10. The van der Waals surface area contributed by atoms with Gasteiger partial charge in [-0.15, -0.1) is 5.73 Å². The predicted octanol–water partition coefficient (Wildman–Crippen LogP) is 5.96. The molecule has 1 rings (SSSR count). The molecular weight excluding hydrogens is 368 g/mol. The minimum Gasteiger partial charge on any atom is -0.220 e. The fourth-order valence-electron chi connectivity index (χ4n) is 0.418. The standard InChI is InChI=1S/C6H5FN.3C4H9.Sn/c1-5-3-2-4-8-6(5)7;3*1-3-4-2;/h3-4H,1H3;3*1,3-4H2,2H3;. The smallest absolute Gasteiger partial charge is 0.216 e. The molecule has 1 heterocycles. The van der Waals surface area contributed by atoms with Crippen LogP contribution in [0, 0.1) is 20.8 Å². The van der Waals surface area contributed by atoms with Crippen LogP contribution in [0.3, 0.4) is 0 Å². The first-order valence-electron chi connectivity index (χ1n) is 7.41. The Hall–Kier alpha value is -0.211. The molecule has 0 unspecified atom stereocenters. The van der Waals surface area contributed by atoms with Crippen molar-refractivity contribution in [2.45, 2.75) is 66.2 Å². The molecule has 0 amide bonds. The summed E-state index contributed by atoms with van der Waals surface area (Å²) in [4.78, 5) is 0. The first-order valence-corrected chi connectivity index (χ1v) is 7.41. The van der Waals surface area contributed by atoms with Crippen LogP contribution in [-0.2, 0) is 0 Å². The second-order valence-electron chi connectivity index (χ2n) is 4.10. The molecule has 0 fully saturated rings. The first-order chi connectivity index (χ1) is 9.55. The van der Waals surface area contributed by atoms with Crippen LogP contribution < -0.4 is 5.32 Å². The van der Waals surface area contributed by atoms with E-state index in [-0.39, 0.29) is 23.9 Å². The zero-order chi connectivity index (χ0) is 16.2. The quantitative estimate of drug-likeness (QED) is 0.316. The summed E-state index contributed by atoms with van der Waals surface area (Å²) in [6.07, 6.45) is 9.70. The average molecular weight is 400 g/mol. The van der Waals surface area contributed by atoms with Crippen molar-refractivity contribution in [2.24, 2.45) is 0 Å². The van der Waals surface area contributed by atoms with Gasteiger partial charge in [0, 0.05) is 29.5 Å². The third kappa shape index (κ3) is 32.9. The molecule has 8 radical (unpaired) electrons. The average Bonchev–Trinajstić information content (AvgIpc) is 2.51. The Balaban J connectivity index is -0.0000000973. The molecule has 0 saturated carbocycles. The van der Waals surface area contributed by atoms with Crippen LogP contribution >= 0.6 is 0 Å². The van der Waals surface area contributed by atoms with E-state index < -0.39 is 5.95 Å². The van der Waals surface area contributed by atoms with Crippen LogP contribution in [0.5, 0.6) is 0 Å². The van der Waals surface area contributed by atoms with Crippen LogP contribution in [0.1, 0.15) is 66.2 Å². The molecule has 0 spiro atoms. The normalized spacial score (nSPS) is 10.7. The molecule has 0 atom stereocenters. The van der Waals surface area contributed by atoms with E-state index in [1.165, 1.54) is 25.5 Å². The van der Waals surface area contributed by atoms with E-state index in [1.807, 2.05) is 0 Å². The number of unbranched alkanes of at least 4 members (excludes halogenated alkanes) is 3. The third-order valence-corrected chi connectivity index (χ3v) is 1.94. The predicted molar refractivity (Wildman–Crippen MR) is 95.1 cm³/mol. The van der Waals surface area contributed by atoms with Crippen molar-refractivity contribution in [3.05, 3.63) is 50.3 Å². The van der Waals surface area contributed by atoms with Crippen molar-refractivity contribution in [2.75, 3.05) is 0 Å². The minimum absolute atomic E-state index is 0. The van der Waals surface area contributed by atoms with E-state index in [0.717, 1.165) is 19.3 Å².